The summed E-state index contributed by atoms with van der Waals surface area (Å²) in [5, 5.41) is 13.6. The topological polar surface area (TPSA) is 175 Å². The van der Waals surface area contributed by atoms with E-state index in [0.29, 0.717) is 25.8 Å². The van der Waals surface area contributed by atoms with Crippen LogP contribution in [-0.4, -0.2) is 90.9 Å². The lowest BCUT2D eigenvalue weighted by Gasteiger charge is -2.35. The second kappa shape index (κ2) is 19.1. The third-order valence-electron chi connectivity index (χ3n) is 9.85. The summed E-state index contributed by atoms with van der Waals surface area (Å²) in [7, 11) is 0. The van der Waals surface area contributed by atoms with Gasteiger partial charge in [-0.15, -0.1) is 18.9 Å². The lowest BCUT2D eigenvalue weighted by Crippen LogP contribution is -2.61. The number of fused-ring (bicyclic) bond motifs is 1. The molecular weight excluding hydrogens is 664 g/mol. The molecule has 1 unspecified atom stereocenters. The van der Waals surface area contributed by atoms with Gasteiger partial charge in [-0.3, -0.25) is 19.2 Å². The Morgan fingerprint density at radius 1 is 1.04 bits per heavy atom. The molecule has 52 heavy (non-hydrogen) atoms. The normalized spacial score (nSPS) is 18.6. The minimum atomic E-state index is -1.20. The number of nitrogens with one attached hydrogen (secondary N) is 5. The van der Waals surface area contributed by atoms with Crippen molar-refractivity contribution in [2.24, 2.45) is 23.2 Å². The van der Waals surface area contributed by atoms with Crippen LogP contribution < -0.4 is 26.6 Å². The number of amides is 6. The molecule has 1 heterocycles. The number of Topliss-reactive ketones (excluding diaryl/α,β-unsaturated/α-hetero) is 1. The number of terminal acetylenes is 1. The van der Waals surface area contributed by atoms with Gasteiger partial charge in [0.15, 0.2) is 0 Å². The number of carbonyl (C=O) groups is 6. The molecule has 0 spiro atoms. The first-order valence-corrected chi connectivity index (χ1v) is 18.1. The molecule has 5 atom stereocenters. The van der Waals surface area contributed by atoms with Crippen molar-refractivity contribution in [1.82, 2.24) is 31.5 Å². The average molecular weight is 721 g/mol. The van der Waals surface area contributed by atoms with Crippen LogP contribution in [0.25, 0.3) is 0 Å². The third-order valence-corrected chi connectivity index (χ3v) is 9.85. The first kappa shape index (κ1) is 41.6. The van der Waals surface area contributed by atoms with Crippen molar-refractivity contribution in [3.63, 3.8) is 0 Å². The van der Waals surface area contributed by atoms with Crippen LogP contribution in [0.5, 0.6) is 0 Å². The highest BCUT2D eigenvalue weighted by molar-refractivity contribution is 6.38. The van der Waals surface area contributed by atoms with Crippen molar-refractivity contribution in [3.8, 4) is 12.3 Å². The van der Waals surface area contributed by atoms with Gasteiger partial charge in [0, 0.05) is 26.1 Å². The van der Waals surface area contributed by atoms with Gasteiger partial charge < -0.3 is 36.2 Å². The van der Waals surface area contributed by atoms with E-state index in [1.807, 2.05) is 58.9 Å². The minimum absolute atomic E-state index is 0.00723. The van der Waals surface area contributed by atoms with Gasteiger partial charge in [-0.05, 0) is 66.9 Å². The molecule has 0 saturated carbocycles. The van der Waals surface area contributed by atoms with Crippen molar-refractivity contribution in [2.75, 3.05) is 26.2 Å². The highest BCUT2D eigenvalue weighted by Gasteiger charge is 2.48. The van der Waals surface area contributed by atoms with Crippen LogP contribution in [0.1, 0.15) is 71.9 Å². The standard InChI is InChI=1S/C39H56N6O7/c1-9-12-17-29(33(46)35(48)41-19-10-2)42-34(47)32-28(24(4)5)18-20-45(32)36(49)31(27-21-25-15-13-14-16-26(25)22-27)44-37(50)43-30(39(6,7)8)23-52-38(51)40-11-3/h1,10,13-16,24,27-32H,2,11-12,17-23H2,3-8H3,(H,40,51)(H,41,48)(H,42,47)(H2,43,44,50)/t28-,29?,30-,31+,32+/m1/s1. The van der Waals surface area contributed by atoms with Crippen LogP contribution in [-0.2, 0) is 36.8 Å². The predicted octanol–water partition coefficient (Wildman–Crippen LogP) is 2.87. The molecule has 0 aromatic heterocycles. The second-order valence-corrected chi connectivity index (χ2v) is 14.9. The Morgan fingerprint density at radius 3 is 2.25 bits per heavy atom. The van der Waals surface area contributed by atoms with Gasteiger partial charge in [0.1, 0.15) is 18.7 Å². The zero-order valence-corrected chi connectivity index (χ0v) is 31.4. The summed E-state index contributed by atoms with van der Waals surface area (Å²) >= 11 is 0. The van der Waals surface area contributed by atoms with Crippen molar-refractivity contribution < 1.29 is 33.5 Å². The third kappa shape index (κ3) is 11.1. The fraction of sp³-hybridized carbons (Fsp3) is 0.590. The van der Waals surface area contributed by atoms with Crippen molar-refractivity contribution in [1.29, 1.82) is 0 Å². The maximum Gasteiger partial charge on any atom is 0.407 e. The number of alkyl carbamates (subject to hydrolysis) is 1. The Hall–Kier alpha value is -4.86. The van der Waals surface area contributed by atoms with Gasteiger partial charge in [-0.2, -0.15) is 0 Å². The fourth-order valence-corrected chi connectivity index (χ4v) is 6.85. The molecule has 5 N–H and O–H groups in total. The number of ether oxygens (including phenoxy) is 1. The van der Waals surface area contributed by atoms with E-state index in [1.54, 1.807) is 6.92 Å². The number of urea groups is 1. The first-order valence-electron chi connectivity index (χ1n) is 18.1. The lowest BCUT2D eigenvalue weighted by atomic mass is 9.87. The number of likely N-dealkylation sites (tertiary alicyclic amines) is 1. The number of benzene rings is 1. The zero-order chi connectivity index (χ0) is 38.6. The van der Waals surface area contributed by atoms with Crippen LogP contribution in [0.4, 0.5) is 9.59 Å². The quantitative estimate of drug-likeness (QED) is 0.0992. The van der Waals surface area contributed by atoms with Gasteiger partial charge in [0.05, 0.1) is 12.1 Å². The van der Waals surface area contributed by atoms with E-state index in [1.165, 1.54) is 11.0 Å². The van der Waals surface area contributed by atoms with E-state index in [4.69, 9.17) is 11.2 Å². The van der Waals surface area contributed by atoms with Crippen LogP contribution in [0, 0.1) is 35.5 Å². The molecule has 284 valence electrons. The molecule has 1 aliphatic carbocycles. The van der Waals surface area contributed by atoms with E-state index >= 15 is 0 Å². The Balaban J connectivity index is 1.92. The van der Waals surface area contributed by atoms with E-state index in [0.717, 1.165) is 11.1 Å². The maximum atomic E-state index is 14.7. The minimum Gasteiger partial charge on any atom is -0.447 e. The summed E-state index contributed by atoms with van der Waals surface area (Å²) in [6.07, 6.45) is 8.08. The first-order chi connectivity index (χ1) is 24.6. The Bertz CT molecular complexity index is 1490. The zero-order valence-electron chi connectivity index (χ0n) is 31.4. The molecule has 0 radical (unpaired) electrons. The lowest BCUT2D eigenvalue weighted by molar-refractivity contribution is -0.144. The molecular formula is C39H56N6O7. The Labute approximate surface area is 307 Å². The van der Waals surface area contributed by atoms with E-state index in [2.05, 4.69) is 39.1 Å². The largest absolute Gasteiger partial charge is 0.447 e. The van der Waals surface area contributed by atoms with Crippen LogP contribution >= 0.6 is 0 Å². The van der Waals surface area contributed by atoms with Gasteiger partial charge >= 0.3 is 12.1 Å². The summed E-state index contributed by atoms with van der Waals surface area (Å²) in [4.78, 5) is 81.9. The number of carbonyl (C=O) groups excluding carboxylic acids is 6. The van der Waals surface area contributed by atoms with E-state index in [-0.39, 0.29) is 50.3 Å². The number of hydrogen-bond donors (Lipinski definition) is 5. The van der Waals surface area contributed by atoms with E-state index < -0.39 is 65.2 Å². The maximum absolute atomic E-state index is 14.7. The second-order valence-electron chi connectivity index (χ2n) is 14.9. The number of nitrogens with zero attached hydrogens (tertiary/aromatic N) is 1. The monoisotopic (exact) mass is 720 g/mol. The molecule has 3 rings (SSSR count). The summed E-state index contributed by atoms with van der Waals surface area (Å²) in [6, 6.07) is 3.50. The summed E-state index contributed by atoms with van der Waals surface area (Å²) < 4.78 is 5.35. The van der Waals surface area contributed by atoms with Gasteiger partial charge in [0.25, 0.3) is 5.91 Å². The summed E-state index contributed by atoms with van der Waals surface area (Å²) in [5.74, 6) is -0.814. The Kier molecular flexibility index (Phi) is 15.3. The molecule has 1 aliphatic heterocycles. The number of hydrogen-bond acceptors (Lipinski definition) is 7. The smallest absolute Gasteiger partial charge is 0.407 e. The van der Waals surface area contributed by atoms with Crippen molar-refractivity contribution in [3.05, 3.63) is 48.0 Å². The van der Waals surface area contributed by atoms with Gasteiger partial charge in [0.2, 0.25) is 17.6 Å². The molecule has 13 nitrogen and oxygen atoms in total. The molecule has 1 fully saturated rings. The molecule has 1 saturated heterocycles. The molecule has 1 aromatic carbocycles. The molecule has 2 aliphatic rings. The molecule has 13 heteroatoms. The van der Waals surface area contributed by atoms with Crippen LogP contribution in [0.2, 0.25) is 0 Å². The fourth-order valence-electron chi connectivity index (χ4n) is 6.85. The molecule has 0 bridgehead atoms. The highest BCUT2D eigenvalue weighted by atomic mass is 16.5. The van der Waals surface area contributed by atoms with Crippen LogP contribution in [0.15, 0.2) is 36.9 Å². The Morgan fingerprint density at radius 2 is 1.69 bits per heavy atom. The van der Waals surface area contributed by atoms with E-state index in [9.17, 15) is 28.8 Å². The summed E-state index contributed by atoms with van der Waals surface area (Å²) in [6.45, 7) is 15.6. The van der Waals surface area contributed by atoms with Crippen molar-refractivity contribution >= 4 is 35.6 Å². The number of rotatable bonds is 16. The summed E-state index contributed by atoms with van der Waals surface area (Å²) in [5.41, 5.74) is 1.65. The van der Waals surface area contributed by atoms with Gasteiger partial charge in [-0.25, -0.2) is 9.59 Å². The SMILES string of the molecule is C#CCCC(NC(=O)[C@@H]1[C@@H](C(C)C)CCN1C(=O)[C@@H](NC(=O)N[C@H](COC(=O)NCC)C(C)(C)C)C1Cc2ccccc2C1)C(=O)C(=O)NCC=C. The molecule has 6 amide bonds. The highest BCUT2D eigenvalue weighted by Crippen LogP contribution is 2.35. The number of ketones is 1. The van der Waals surface area contributed by atoms with Crippen molar-refractivity contribution in [2.45, 2.75) is 97.8 Å². The predicted molar refractivity (Wildman–Crippen MR) is 198 cm³/mol. The van der Waals surface area contributed by atoms with Crippen LogP contribution in [0.3, 0.4) is 0 Å². The molecule has 1 aromatic rings. The van der Waals surface area contributed by atoms with Gasteiger partial charge in [-0.1, -0.05) is 65.0 Å². The average Bonchev–Trinajstić information content (AvgIpc) is 3.74.